The molecule has 0 saturated heterocycles. The minimum absolute atomic E-state index is 0.0213. The van der Waals surface area contributed by atoms with Crippen LogP contribution >= 0.6 is 18.9 Å². The van der Waals surface area contributed by atoms with E-state index in [1.54, 1.807) is 4.72 Å². The number of aromatic hydroxyl groups is 2. The monoisotopic (exact) mass is 704 g/mol. The average molecular weight is 705 g/mol. The van der Waals surface area contributed by atoms with Crippen molar-refractivity contribution in [3.8, 4) is 23.0 Å². The molecule has 0 fully saturated rings. The second-order valence-corrected chi connectivity index (χ2v) is 14.2. The van der Waals surface area contributed by atoms with Crippen molar-refractivity contribution >= 4 is 44.9 Å². The van der Waals surface area contributed by atoms with E-state index in [9.17, 15) is 50.9 Å². The van der Waals surface area contributed by atoms with E-state index in [2.05, 4.69) is 11.1 Å². The number of amides is 1. The summed E-state index contributed by atoms with van der Waals surface area (Å²) in [6.45, 7) is 0.378. The van der Waals surface area contributed by atoms with Gasteiger partial charge in [0.2, 0.25) is 0 Å². The fourth-order valence-electron chi connectivity index (χ4n) is 4.15. The fraction of sp³-hybridized carbons (Fsp3) is 0.222. The number of rotatable bonds is 13. The number of fused-ring (bicyclic) bond motifs is 1. The van der Waals surface area contributed by atoms with Gasteiger partial charge in [0.15, 0.2) is 23.0 Å². The molecule has 1 heterocycles. The number of sulfonamides is 1. The molecule has 4 rings (SSSR count). The Bertz CT molecular complexity index is 1900. The van der Waals surface area contributed by atoms with Gasteiger partial charge in [-0.2, -0.15) is 17.9 Å². The van der Waals surface area contributed by atoms with E-state index < -0.39 is 62.3 Å². The van der Waals surface area contributed by atoms with Crippen molar-refractivity contribution < 1.29 is 66.2 Å². The van der Waals surface area contributed by atoms with E-state index in [-0.39, 0.29) is 42.2 Å². The van der Waals surface area contributed by atoms with Crippen LogP contribution in [0.5, 0.6) is 23.0 Å². The number of hydrogen-bond donors (Lipinski definition) is 5. The Morgan fingerprint density at radius 1 is 1.00 bits per heavy atom. The summed E-state index contributed by atoms with van der Waals surface area (Å²) in [6, 6.07) is 10.7. The summed E-state index contributed by atoms with van der Waals surface area (Å²) in [5.74, 6) is -3.89. The zero-order valence-corrected chi connectivity index (χ0v) is 26.0. The summed E-state index contributed by atoms with van der Waals surface area (Å²) in [6.07, 6.45) is -5.08. The van der Waals surface area contributed by atoms with E-state index in [4.69, 9.17) is 9.47 Å². The molecule has 46 heavy (non-hydrogen) atoms. The number of benzene rings is 3. The Kier molecular flexibility index (Phi) is 10.5. The molecule has 1 amide bonds. The van der Waals surface area contributed by atoms with Crippen LogP contribution in [0.1, 0.15) is 27.3 Å². The van der Waals surface area contributed by atoms with Crippen molar-refractivity contribution in [1.82, 2.24) is 10.0 Å². The van der Waals surface area contributed by atoms with Gasteiger partial charge in [-0.1, -0.05) is 18.2 Å². The Labute approximate surface area is 263 Å². The van der Waals surface area contributed by atoms with Crippen LogP contribution in [0.4, 0.5) is 13.2 Å². The van der Waals surface area contributed by atoms with Gasteiger partial charge in [0.25, 0.3) is 15.9 Å². The zero-order valence-electron chi connectivity index (χ0n) is 23.4. The van der Waals surface area contributed by atoms with Crippen LogP contribution in [0.15, 0.2) is 64.9 Å². The van der Waals surface area contributed by atoms with E-state index in [0.717, 1.165) is 30.3 Å². The van der Waals surface area contributed by atoms with Crippen LogP contribution in [0, 0.1) is 0 Å². The summed E-state index contributed by atoms with van der Waals surface area (Å²) < 4.78 is 92.1. The molecular weight excluding hydrogens is 678 g/mol. The fourth-order valence-corrected chi connectivity index (χ4v) is 8.13. The van der Waals surface area contributed by atoms with Crippen molar-refractivity contribution in [2.75, 3.05) is 26.3 Å². The molecule has 13 nitrogen and oxygen atoms in total. The molecule has 0 aliphatic heterocycles. The maximum absolute atomic E-state index is 13.6. The summed E-state index contributed by atoms with van der Waals surface area (Å²) in [5.41, 5.74) is 1.20. The molecule has 1 atom stereocenters. The van der Waals surface area contributed by atoms with E-state index in [1.807, 2.05) is 0 Å². The first-order valence-electron chi connectivity index (χ1n) is 13.1. The predicted octanol–water partition coefficient (Wildman–Crippen LogP) is 1.65. The molecule has 0 radical (unpaired) electrons. The maximum atomic E-state index is 13.6. The van der Waals surface area contributed by atoms with Gasteiger partial charge in [-0.05, 0) is 54.9 Å². The molecule has 7 N–H and O–H groups in total. The lowest BCUT2D eigenvalue weighted by Gasteiger charge is -2.39. The van der Waals surface area contributed by atoms with Gasteiger partial charge in [0, 0.05) is 16.3 Å². The number of carbonyl (C=O) groups is 1. The van der Waals surface area contributed by atoms with Gasteiger partial charge in [0.1, 0.15) is 24.0 Å². The largest absolute Gasteiger partial charge is 0.809 e. The number of alkyl halides is 3. The first-order chi connectivity index (χ1) is 21.5. The first-order valence-corrected chi connectivity index (χ1v) is 17.0. The third-order valence-corrected chi connectivity index (χ3v) is 10.5. The predicted molar refractivity (Wildman–Crippen MR) is 155 cm³/mol. The van der Waals surface area contributed by atoms with E-state index in [1.165, 1.54) is 18.2 Å². The van der Waals surface area contributed by atoms with Gasteiger partial charge in [-0.3, -0.25) is 4.79 Å². The van der Waals surface area contributed by atoms with Crippen LogP contribution < -0.4 is 35.0 Å². The number of phenols is 2. The van der Waals surface area contributed by atoms with Crippen LogP contribution in [0.25, 0.3) is 10.1 Å². The standard InChI is InChI=1S/C27H27F3N3O10PS2/c28-27(29,30)18-4-2-1-3-17(18)26(44(37,38)39)33-46(40,41)24-13-16-12-21(42-9-7-31)22(14-23(16)45-24)43-10-8-32-25(36)15-5-6-19(34)20(35)11-15/h1-6,11-14,26,33-35H,7-10,31H2,(H,32,36)(H2,37,38,39)/p-1. The Balaban J connectivity index is 1.58. The minimum atomic E-state index is -6.01. The molecule has 1 aromatic heterocycles. The van der Waals surface area contributed by atoms with Gasteiger partial charge in [-0.25, -0.2) is 8.42 Å². The Morgan fingerprint density at radius 3 is 2.33 bits per heavy atom. The molecule has 3 aromatic carbocycles. The second kappa shape index (κ2) is 13.8. The quantitative estimate of drug-likeness (QED) is 0.0769. The molecule has 1 unspecified atom stereocenters. The van der Waals surface area contributed by atoms with Crippen molar-refractivity contribution in [2.24, 2.45) is 0 Å². The van der Waals surface area contributed by atoms with Gasteiger partial charge < -0.3 is 45.1 Å². The van der Waals surface area contributed by atoms with Crippen molar-refractivity contribution in [1.29, 1.82) is 0 Å². The normalized spacial score (nSPS) is 13.0. The lowest BCUT2D eigenvalue weighted by molar-refractivity contribution is -0.370. The van der Waals surface area contributed by atoms with E-state index in [0.29, 0.717) is 34.7 Å². The van der Waals surface area contributed by atoms with Crippen LogP contribution in [-0.2, 0) is 20.8 Å². The van der Waals surface area contributed by atoms with Gasteiger partial charge in [0.05, 0.1) is 17.9 Å². The van der Waals surface area contributed by atoms with Crippen LogP contribution in [-0.4, -0.2) is 50.8 Å². The third-order valence-electron chi connectivity index (χ3n) is 6.25. The third kappa shape index (κ3) is 8.27. The van der Waals surface area contributed by atoms with Gasteiger partial charge in [-0.15, -0.1) is 11.3 Å². The molecule has 19 heteroatoms. The summed E-state index contributed by atoms with van der Waals surface area (Å²) in [4.78, 5) is 36.4. The Hall–Kier alpha value is -3.90. The second-order valence-electron chi connectivity index (χ2n) is 9.56. The summed E-state index contributed by atoms with van der Waals surface area (Å²) >= 11 is 0.624. The molecule has 248 valence electrons. The number of ether oxygens (including phenoxy) is 2. The summed E-state index contributed by atoms with van der Waals surface area (Å²) in [5, 5.41) is 21.8. The number of carbonyl (C=O) groups excluding carboxylic acids is 1. The van der Waals surface area contributed by atoms with E-state index >= 15 is 0 Å². The smallest absolute Gasteiger partial charge is 0.416 e. The number of halogens is 3. The molecule has 0 spiro atoms. The molecular formula is C27H26F3N3O10PS2-. The lowest BCUT2D eigenvalue weighted by Crippen LogP contribution is -2.52. The topological polar surface area (TPSA) is 225 Å². The number of hydrogen-bond acceptors (Lipinski definition) is 11. The highest BCUT2D eigenvalue weighted by Crippen LogP contribution is 2.48. The van der Waals surface area contributed by atoms with Crippen LogP contribution in [0.3, 0.4) is 0 Å². The highest BCUT2D eigenvalue weighted by molar-refractivity contribution is 7.92. The minimum Gasteiger partial charge on any atom is -0.809 e. The highest BCUT2D eigenvalue weighted by atomic mass is 32.2. The van der Waals surface area contributed by atoms with Crippen LogP contribution in [0.2, 0.25) is 0 Å². The SMILES string of the molecule is [NH3+]CCOc1cc2cc(S(=O)(=O)NC(c3ccccc3C(F)(F)F)P(=O)([O-])[O-])sc2cc1OCCNC(=O)c1ccc(O)c(O)c1. The number of thiophene rings is 1. The zero-order chi connectivity index (χ0) is 33.9. The van der Waals surface area contributed by atoms with Crippen molar-refractivity contribution in [3.05, 3.63) is 77.4 Å². The lowest BCUT2D eigenvalue weighted by atomic mass is 10.1. The number of phenolic OH excluding ortho intramolecular Hbond substituents is 2. The Morgan fingerprint density at radius 2 is 1.67 bits per heavy atom. The molecule has 0 bridgehead atoms. The van der Waals surface area contributed by atoms with Crippen molar-refractivity contribution in [2.45, 2.75) is 16.2 Å². The van der Waals surface area contributed by atoms with Crippen molar-refractivity contribution in [3.63, 3.8) is 0 Å². The van der Waals surface area contributed by atoms with Gasteiger partial charge >= 0.3 is 6.18 Å². The molecule has 0 aliphatic carbocycles. The average Bonchev–Trinajstić information content (AvgIpc) is 3.41. The first kappa shape index (κ1) is 35.0. The molecule has 0 aliphatic rings. The highest BCUT2D eigenvalue weighted by Gasteiger charge is 2.37. The molecule has 4 aromatic rings. The number of quaternary nitrogens is 1. The molecule has 0 saturated carbocycles. The maximum Gasteiger partial charge on any atom is 0.416 e. The number of nitrogens with one attached hydrogen (secondary N) is 2. The summed E-state index contributed by atoms with van der Waals surface area (Å²) in [7, 11) is -10.9.